The number of likely N-dealkylation sites (tertiary alicyclic amines) is 1. The minimum Gasteiger partial charge on any atom is -0.377 e. The molecule has 0 radical (unpaired) electrons. The molecule has 2 aromatic rings. The molecule has 128 valence electrons. The first kappa shape index (κ1) is 15.3. The number of nitrogens with zero attached hydrogens (tertiary/aromatic N) is 4. The van der Waals surface area contributed by atoms with Gasteiger partial charge in [-0.05, 0) is 33.6 Å². The van der Waals surface area contributed by atoms with E-state index in [-0.39, 0.29) is 12.0 Å². The molecule has 0 aliphatic carbocycles. The third-order valence-corrected chi connectivity index (χ3v) is 5.11. The summed E-state index contributed by atoms with van der Waals surface area (Å²) in [5.74, 6) is 1.65. The summed E-state index contributed by atoms with van der Waals surface area (Å²) in [4.78, 5) is 19.3. The fraction of sp³-hybridized carbons (Fsp3) is 0.625. The molecule has 2 aliphatic rings. The Bertz CT molecular complexity index is 763. The van der Waals surface area contributed by atoms with Gasteiger partial charge in [0.05, 0.1) is 17.2 Å². The van der Waals surface area contributed by atoms with Crippen molar-refractivity contribution in [1.82, 2.24) is 20.2 Å². The average molecular weight is 332 g/mol. The highest BCUT2D eigenvalue weighted by Gasteiger charge is 2.54. The predicted octanol–water partition coefficient (Wildman–Crippen LogP) is 1.56. The maximum Gasteiger partial charge on any atom is 0.259 e. The third-order valence-electron chi connectivity index (χ3n) is 5.11. The van der Waals surface area contributed by atoms with Crippen LogP contribution in [0.2, 0.25) is 0 Å². The van der Waals surface area contributed by atoms with E-state index in [1.54, 1.807) is 20.8 Å². The summed E-state index contributed by atoms with van der Waals surface area (Å²) in [6, 6.07) is 0. The van der Waals surface area contributed by atoms with Crippen molar-refractivity contribution in [3.05, 3.63) is 28.7 Å². The Morgan fingerprint density at radius 1 is 1.25 bits per heavy atom. The Balaban J connectivity index is 1.67. The molecule has 0 bridgehead atoms. The lowest BCUT2D eigenvalue weighted by molar-refractivity contribution is 0.00815. The summed E-state index contributed by atoms with van der Waals surface area (Å²) in [6.45, 7) is 7.11. The summed E-state index contributed by atoms with van der Waals surface area (Å²) in [5, 5.41) is 7.81. The molecule has 0 spiro atoms. The minimum absolute atomic E-state index is 0.00562. The van der Waals surface area contributed by atoms with Crippen LogP contribution in [0.15, 0.2) is 9.05 Å². The molecule has 2 aliphatic heterocycles. The monoisotopic (exact) mass is 332 g/mol. The van der Waals surface area contributed by atoms with E-state index in [0.717, 1.165) is 12.8 Å². The van der Waals surface area contributed by atoms with E-state index in [4.69, 9.17) is 13.8 Å². The lowest BCUT2D eigenvalue weighted by atomic mass is 9.76. The molecule has 8 heteroatoms. The number of hydrogen-bond donors (Lipinski definition) is 0. The van der Waals surface area contributed by atoms with E-state index in [2.05, 4.69) is 15.3 Å². The fourth-order valence-corrected chi connectivity index (χ4v) is 3.87. The van der Waals surface area contributed by atoms with Gasteiger partial charge in [-0.1, -0.05) is 10.3 Å². The molecule has 24 heavy (non-hydrogen) atoms. The van der Waals surface area contributed by atoms with E-state index in [1.165, 1.54) is 0 Å². The second-order valence-corrected chi connectivity index (χ2v) is 6.63. The summed E-state index contributed by atoms with van der Waals surface area (Å²) < 4.78 is 16.5. The van der Waals surface area contributed by atoms with Gasteiger partial charge < -0.3 is 18.7 Å². The molecule has 0 saturated carbocycles. The van der Waals surface area contributed by atoms with Crippen LogP contribution < -0.4 is 0 Å². The Kier molecular flexibility index (Phi) is 3.45. The topological polar surface area (TPSA) is 94.5 Å². The van der Waals surface area contributed by atoms with Gasteiger partial charge in [0.15, 0.2) is 5.82 Å². The SMILES string of the molecule is Cc1noc([C@@]23CCO[C@@H]2CCN(C(=O)c2c(C)noc2C)C3)n1. The minimum atomic E-state index is -0.422. The smallest absolute Gasteiger partial charge is 0.259 e. The van der Waals surface area contributed by atoms with E-state index in [0.29, 0.717) is 48.4 Å². The first-order valence-electron chi connectivity index (χ1n) is 8.16. The number of amides is 1. The second-order valence-electron chi connectivity index (χ2n) is 6.63. The van der Waals surface area contributed by atoms with Crippen LogP contribution in [-0.4, -0.2) is 51.9 Å². The number of rotatable bonds is 2. The highest BCUT2D eigenvalue weighted by atomic mass is 16.5. The standard InChI is InChI=1S/C16H20N4O4/c1-9-13(10(2)23-18-9)14(21)20-6-4-12-16(8-20,5-7-22-12)15-17-11(3)19-24-15/h12H,4-8H2,1-3H3/t12-,16-/m1/s1. The van der Waals surface area contributed by atoms with Crippen LogP contribution in [-0.2, 0) is 10.2 Å². The first-order valence-corrected chi connectivity index (χ1v) is 8.16. The molecule has 2 fully saturated rings. The number of ether oxygens (including phenoxy) is 1. The van der Waals surface area contributed by atoms with Gasteiger partial charge in [-0.3, -0.25) is 4.79 Å². The molecule has 4 heterocycles. The summed E-state index contributed by atoms with van der Waals surface area (Å²) >= 11 is 0. The molecule has 0 N–H and O–H groups in total. The number of aryl methyl sites for hydroxylation is 3. The quantitative estimate of drug-likeness (QED) is 0.823. The highest BCUT2D eigenvalue weighted by molar-refractivity contribution is 5.96. The van der Waals surface area contributed by atoms with E-state index in [1.807, 2.05) is 4.90 Å². The summed E-state index contributed by atoms with van der Waals surface area (Å²) in [6.07, 6.45) is 1.52. The van der Waals surface area contributed by atoms with E-state index in [9.17, 15) is 4.79 Å². The van der Waals surface area contributed by atoms with Crippen molar-refractivity contribution < 1.29 is 18.6 Å². The van der Waals surface area contributed by atoms with Gasteiger partial charge in [-0.15, -0.1) is 0 Å². The van der Waals surface area contributed by atoms with Crippen LogP contribution in [0.25, 0.3) is 0 Å². The Morgan fingerprint density at radius 3 is 2.75 bits per heavy atom. The first-order chi connectivity index (χ1) is 11.5. The van der Waals surface area contributed by atoms with Crippen molar-refractivity contribution in [2.45, 2.75) is 45.1 Å². The van der Waals surface area contributed by atoms with Crippen molar-refractivity contribution in [2.75, 3.05) is 19.7 Å². The zero-order valence-electron chi connectivity index (χ0n) is 14.0. The van der Waals surface area contributed by atoms with Gasteiger partial charge in [-0.25, -0.2) is 0 Å². The molecular formula is C16H20N4O4. The Morgan fingerprint density at radius 2 is 2.08 bits per heavy atom. The van der Waals surface area contributed by atoms with Crippen LogP contribution in [0.5, 0.6) is 0 Å². The van der Waals surface area contributed by atoms with Gasteiger partial charge in [0.25, 0.3) is 5.91 Å². The fourth-order valence-electron chi connectivity index (χ4n) is 3.87. The summed E-state index contributed by atoms with van der Waals surface area (Å²) in [5.41, 5.74) is 0.739. The molecule has 2 saturated heterocycles. The number of aromatic nitrogens is 3. The predicted molar refractivity (Wildman–Crippen MR) is 81.6 cm³/mol. The van der Waals surface area contributed by atoms with E-state index < -0.39 is 5.41 Å². The Hall–Kier alpha value is -2.22. The lowest BCUT2D eigenvalue weighted by Gasteiger charge is -2.41. The van der Waals surface area contributed by atoms with Crippen molar-refractivity contribution in [3.8, 4) is 0 Å². The van der Waals surface area contributed by atoms with Crippen LogP contribution >= 0.6 is 0 Å². The van der Waals surface area contributed by atoms with Gasteiger partial charge in [0.1, 0.15) is 11.3 Å². The van der Waals surface area contributed by atoms with Crippen molar-refractivity contribution in [1.29, 1.82) is 0 Å². The van der Waals surface area contributed by atoms with Gasteiger partial charge in [-0.2, -0.15) is 4.98 Å². The van der Waals surface area contributed by atoms with Crippen LogP contribution in [0.3, 0.4) is 0 Å². The molecule has 0 aromatic carbocycles. The zero-order valence-corrected chi connectivity index (χ0v) is 14.0. The number of carbonyl (C=O) groups is 1. The van der Waals surface area contributed by atoms with Gasteiger partial charge in [0.2, 0.25) is 5.89 Å². The normalized spacial score (nSPS) is 26.6. The average Bonchev–Trinajstić information content (AvgIpc) is 3.25. The molecule has 2 aromatic heterocycles. The van der Waals surface area contributed by atoms with Crippen molar-refractivity contribution >= 4 is 5.91 Å². The van der Waals surface area contributed by atoms with E-state index >= 15 is 0 Å². The third kappa shape index (κ3) is 2.16. The maximum absolute atomic E-state index is 13.0. The van der Waals surface area contributed by atoms with Crippen molar-refractivity contribution in [2.24, 2.45) is 0 Å². The zero-order chi connectivity index (χ0) is 16.9. The number of hydrogen-bond acceptors (Lipinski definition) is 7. The van der Waals surface area contributed by atoms with Crippen molar-refractivity contribution in [3.63, 3.8) is 0 Å². The van der Waals surface area contributed by atoms with Crippen LogP contribution in [0, 0.1) is 20.8 Å². The Labute approximate surface area is 139 Å². The number of fused-ring (bicyclic) bond motifs is 1. The van der Waals surface area contributed by atoms with Crippen LogP contribution in [0.1, 0.15) is 46.4 Å². The molecule has 0 unspecified atom stereocenters. The molecule has 1 amide bonds. The maximum atomic E-state index is 13.0. The molecule has 2 atom stereocenters. The number of carbonyl (C=O) groups excluding carboxylic acids is 1. The molecule has 8 nitrogen and oxygen atoms in total. The molecular weight excluding hydrogens is 312 g/mol. The lowest BCUT2D eigenvalue weighted by Crippen LogP contribution is -2.54. The largest absolute Gasteiger partial charge is 0.377 e. The van der Waals surface area contributed by atoms with Gasteiger partial charge >= 0.3 is 0 Å². The molecule has 4 rings (SSSR count). The number of piperidine rings is 1. The highest BCUT2D eigenvalue weighted by Crippen LogP contribution is 2.43. The van der Waals surface area contributed by atoms with Gasteiger partial charge in [0, 0.05) is 19.7 Å². The summed E-state index contributed by atoms with van der Waals surface area (Å²) in [7, 11) is 0. The van der Waals surface area contributed by atoms with Crippen LogP contribution in [0.4, 0.5) is 0 Å². The second kappa shape index (κ2) is 5.41.